The summed E-state index contributed by atoms with van der Waals surface area (Å²) in [6.45, 7) is 4.88. The summed E-state index contributed by atoms with van der Waals surface area (Å²) in [5, 5.41) is 3.47. The van der Waals surface area contributed by atoms with Crippen LogP contribution < -0.4 is 5.32 Å². The van der Waals surface area contributed by atoms with Crippen molar-refractivity contribution in [2.45, 2.75) is 58.0 Å². The van der Waals surface area contributed by atoms with Crippen LogP contribution in [0.3, 0.4) is 0 Å². The molecule has 1 aromatic carbocycles. The lowest BCUT2D eigenvalue weighted by Gasteiger charge is -2.24. The van der Waals surface area contributed by atoms with Gasteiger partial charge < -0.3 is 10.2 Å². The number of nitrogens with one attached hydrogen (secondary N) is 1. The van der Waals surface area contributed by atoms with E-state index in [2.05, 4.69) is 51.4 Å². The van der Waals surface area contributed by atoms with Crippen molar-refractivity contribution in [3.05, 3.63) is 53.0 Å². The minimum atomic E-state index is 0.120. The number of likely N-dealkylation sites (tertiary alicyclic amines) is 1. The van der Waals surface area contributed by atoms with E-state index in [-0.39, 0.29) is 11.9 Å². The van der Waals surface area contributed by atoms with Gasteiger partial charge in [-0.1, -0.05) is 31.2 Å². The van der Waals surface area contributed by atoms with Gasteiger partial charge in [0, 0.05) is 37.2 Å². The van der Waals surface area contributed by atoms with Crippen molar-refractivity contribution in [1.82, 2.24) is 14.9 Å². The molecule has 1 saturated heterocycles. The molecule has 1 N–H and O–H groups in total. The number of amides is 1. The molecule has 26 heavy (non-hydrogen) atoms. The summed E-state index contributed by atoms with van der Waals surface area (Å²) >= 11 is 0. The summed E-state index contributed by atoms with van der Waals surface area (Å²) < 4.78 is 0. The molecule has 136 valence electrons. The van der Waals surface area contributed by atoms with Gasteiger partial charge in [0.1, 0.15) is 11.6 Å². The summed E-state index contributed by atoms with van der Waals surface area (Å²) in [6, 6.07) is 10.9. The van der Waals surface area contributed by atoms with Gasteiger partial charge in [-0.05, 0) is 37.3 Å². The number of aromatic nitrogens is 2. The Morgan fingerprint density at radius 1 is 1.15 bits per heavy atom. The molecule has 2 aromatic rings. The summed E-state index contributed by atoms with van der Waals surface area (Å²) in [5.41, 5.74) is 3.74. The first-order valence-corrected chi connectivity index (χ1v) is 9.59. The number of fused-ring (bicyclic) bond motifs is 1. The summed E-state index contributed by atoms with van der Waals surface area (Å²) in [7, 11) is 0. The third-order valence-electron chi connectivity index (χ3n) is 5.35. The van der Waals surface area contributed by atoms with E-state index in [1.165, 1.54) is 11.1 Å². The van der Waals surface area contributed by atoms with Gasteiger partial charge in [-0.3, -0.25) is 4.79 Å². The maximum absolute atomic E-state index is 12.6. The van der Waals surface area contributed by atoms with Crippen LogP contribution in [0.25, 0.3) is 0 Å². The van der Waals surface area contributed by atoms with Crippen molar-refractivity contribution in [1.29, 1.82) is 0 Å². The van der Waals surface area contributed by atoms with Crippen LogP contribution in [0, 0.1) is 6.92 Å². The minimum absolute atomic E-state index is 0.120. The van der Waals surface area contributed by atoms with E-state index >= 15 is 0 Å². The SMILES string of the molecule is CCCc1nc(C)cc(N[C@@H]2CC(=O)N(C3Cc4ccccc4C3)C2)n1. The molecule has 5 nitrogen and oxygen atoms in total. The Bertz CT molecular complexity index is 794. The van der Waals surface area contributed by atoms with Gasteiger partial charge in [-0.2, -0.15) is 0 Å². The molecule has 1 amide bonds. The molecular formula is C21H26N4O. The van der Waals surface area contributed by atoms with E-state index in [0.717, 1.165) is 49.6 Å². The average Bonchev–Trinajstić information content (AvgIpc) is 3.17. The first-order valence-electron chi connectivity index (χ1n) is 9.59. The Morgan fingerprint density at radius 2 is 1.88 bits per heavy atom. The molecule has 4 rings (SSSR count). The van der Waals surface area contributed by atoms with Gasteiger partial charge in [-0.15, -0.1) is 0 Å². The third-order valence-corrected chi connectivity index (χ3v) is 5.35. The second-order valence-electron chi connectivity index (χ2n) is 7.48. The van der Waals surface area contributed by atoms with Gasteiger partial charge >= 0.3 is 0 Å². The van der Waals surface area contributed by atoms with Crippen LogP contribution in [0.5, 0.6) is 0 Å². The molecule has 2 aliphatic rings. The molecule has 0 unspecified atom stereocenters. The molecule has 0 bridgehead atoms. The molecule has 5 heteroatoms. The van der Waals surface area contributed by atoms with Crippen LogP contribution >= 0.6 is 0 Å². The van der Waals surface area contributed by atoms with E-state index in [1.54, 1.807) is 0 Å². The number of hydrogen-bond acceptors (Lipinski definition) is 4. The topological polar surface area (TPSA) is 58.1 Å². The minimum Gasteiger partial charge on any atom is -0.365 e. The fraction of sp³-hybridized carbons (Fsp3) is 0.476. The Hall–Kier alpha value is -2.43. The molecule has 1 aliphatic carbocycles. The summed E-state index contributed by atoms with van der Waals surface area (Å²) in [6.07, 6.45) is 4.40. The van der Waals surface area contributed by atoms with E-state index in [9.17, 15) is 4.79 Å². The summed E-state index contributed by atoms with van der Waals surface area (Å²) in [4.78, 5) is 23.8. The number of rotatable bonds is 5. The largest absolute Gasteiger partial charge is 0.365 e. The normalized spacial score (nSPS) is 19.8. The molecule has 1 aromatic heterocycles. The van der Waals surface area contributed by atoms with Crippen LogP contribution in [0.15, 0.2) is 30.3 Å². The zero-order valence-corrected chi connectivity index (χ0v) is 15.5. The van der Waals surface area contributed by atoms with Crippen LogP contribution in [0.1, 0.15) is 42.4 Å². The highest BCUT2D eigenvalue weighted by Crippen LogP contribution is 2.29. The second-order valence-corrected chi connectivity index (χ2v) is 7.48. The predicted octanol–water partition coefficient (Wildman–Crippen LogP) is 2.92. The fourth-order valence-electron chi connectivity index (χ4n) is 4.19. The van der Waals surface area contributed by atoms with Crippen LogP contribution in [-0.2, 0) is 24.1 Å². The van der Waals surface area contributed by atoms with Crippen LogP contribution in [0.4, 0.5) is 5.82 Å². The van der Waals surface area contributed by atoms with Gasteiger partial charge in [0.05, 0.1) is 6.04 Å². The number of aryl methyl sites for hydroxylation is 2. The Balaban J connectivity index is 1.43. The molecule has 2 heterocycles. The van der Waals surface area contributed by atoms with Crippen molar-refractivity contribution in [3.8, 4) is 0 Å². The second kappa shape index (κ2) is 7.06. The number of benzene rings is 1. The number of carbonyl (C=O) groups is 1. The van der Waals surface area contributed by atoms with E-state index in [4.69, 9.17) is 0 Å². The Kier molecular flexibility index (Phi) is 4.62. The lowest BCUT2D eigenvalue weighted by atomic mass is 10.1. The standard InChI is InChI=1S/C21H26N4O/c1-3-6-19-22-14(2)9-20(24-19)23-17-12-21(26)25(13-17)18-10-15-7-4-5-8-16(15)11-18/h4-5,7-9,17-18H,3,6,10-13H2,1-2H3,(H,22,23,24)/t17-/m1/s1. The van der Waals surface area contributed by atoms with Gasteiger partial charge in [0.2, 0.25) is 5.91 Å². The third kappa shape index (κ3) is 3.43. The molecule has 0 saturated carbocycles. The first-order chi connectivity index (χ1) is 12.6. The molecule has 1 aliphatic heterocycles. The fourth-order valence-corrected chi connectivity index (χ4v) is 4.19. The smallest absolute Gasteiger partial charge is 0.225 e. The van der Waals surface area contributed by atoms with Crippen molar-refractivity contribution < 1.29 is 4.79 Å². The van der Waals surface area contributed by atoms with Gasteiger partial charge in [0.25, 0.3) is 0 Å². The number of anilines is 1. The average molecular weight is 350 g/mol. The van der Waals surface area contributed by atoms with E-state index in [0.29, 0.717) is 12.5 Å². The van der Waals surface area contributed by atoms with Crippen molar-refractivity contribution in [3.63, 3.8) is 0 Å². The van der Waals surface area contributed by atoms with Crippen LogP contribution in [0.2, 0.25) is 0 Å². The molecule has 1 fully saturated rings. The van der Waals surface area contributed by atoms with Crippen molar-refractivity contribution in [2.24, 2.45) is 0 Å². The highest BCUT2D eigenvalue weighted by Gasteiger charge is 2.37. The summed E-state index contributed by atoms with van der Waals surface area (Å²) in [5.74, 6) is 1.97. The van der Waals surface area contributed by atoms with Crippen molar-refractivity contribution in [2.75, 3.05) is 11.9 Å². The monoisotopic (exact) mass is 350 g/mol. The van der Waals surface area contributed by atoms with Gasteiger partial charge in [-0.25, -0.2) is 9.97 Å². The highest BCUT2D eigenvalue weighted by atomic mass is 16.2. The number of hydrogen-bond donors (Lipinski definition) is 1. The molecule has 1 atom stereocenters. The van der Waals surface area contributed by atoms with E-state index < -0.39 is 0 Å². The van der Waals surface area contributed by atoms with Crippen molar-refractivity contribution >= 4 is 11.7 Å². The molecular weight excluding hydrogens is 324 g/mol. The van der Waals surface area contributed by atoms with Gasteiger partial charge in [0.15, 0.2) is 0 Å². The maximum atomic E-state index is 12.6. The Morgan fingerprint density at radius 3 is 2.58 bits per heavy atom. The first kappa shape index (κ1) is 17.0. The zero-order valence-electron chi connectivity index (χ0n) is 15.5. The highest BCUT2D eigenvalue weighted by molar-refractivity contribution is 5.80. The lowest BCUT2D eigenvalue weighted by molar-refractivity contribution is -0.129. The zero-order chi connectivity index (χ0) is 18.1. The van der Waals surface area contributed by atoms with Crippen LogP contribution in [-0.4, -0.2) is 39.4 Å². The quantitative estimate of drug-likeness (QED) is 0.901. The predicted molar refractivity (Wildman–Crippen MR) is 102 cm³/mol. The molecule has 0 spiro atoms. The van der Waals surface area contributed by atoms with E-state index in [1.807, 2.05) is 13.0 Å². The number of nitrogens with zero attached hydrogens (tertiary/aromatic N) is 3. The number of carbonyl (C=O) groups excluding carboxylic acids is 1. The maximum Gasteiger partial charge on any atom is 0.225 e. The Labute approximate surface area is 154 Å². The lowest BCUT2D eigenvalue weighted by Crippen LogP contribution is -2.38. The molecule has 0 radical (unpaired) electrons.